The number of rotatable bonds is 7. The Morgan fingerprint density at radius 3 is 2.75 bits per heavy atom. The number of hydrogen-bond donors (Lipinski definition) is 1. The number of aromatic nitrogens is 3. The molecular weight excluding hydrogens is 356 g/mol. The van der Waals surface area contributed by atoms with Crippen LogP contribution in [0.15, 0.2) is 24.3 Å². The molecule has 1 unspecified atom stereocenters. The van der Waals surface area contributed by atoms with Gasteiger partial charge in [0.05, 0.1) is 5.52 Å². The minimum absolute atomic E-state index is 0.182. The number of nitrogens with zero attached hydrogens (tertiary/aromatic N) is 3. The maximum atomic E-state index is 12.2. The molecular formula is C21H26N4O3. The number of carbonyl (C=O) groups excluding carboxylic acids is 2. The van der Waals surface area contributed by atoms with Crippen LogP contribution in [0.3, 0.4) is 0 Å². The first kappa shape index (κ1) is 19.8. The quantitative estimate of drug-likeness (QED) is 0.635. The monoisotopic (exact) mass is 382 g/mol. The highest BCUT2D eigenvalue weighted by Crippen LogP contribution is 2.23. The summed E-state index contributed by atoms with van der Waals surface area (Å²) in [5.74, 6) is -0.669. The van der Waals surface area contributed by atoms with E-state index in [4.69, 9.17) is 9.72 Å². The van der Waals surface area contributed by atoms with Crippen molar-refractivity contribution in [2.75, 3.05) is 6.54 Å². The fraction of sp³-hybridized carbons (Fsp3) is 0.429. The molecule has 7 nitrogen and oxygen atoms in total. The summed E-state index contributed by atoms with van der Waals surface area (Å²) in [6.07, 6.45) is 0.710. The summed E-state index contributed by atoms with van der Waals surface area (Å²) in [4.78, 5) is 28.7. The lowest BCUT2D eigenvalue weighted by atomic mass is 10.1. The molecule has 148 valence electrons. The Kier molecular flexibility index (Phi) is 5.92. The van der Waals surface area contributed by atoms with Crippen LogP contribution >= 0.6 is 0 Å². The third-order valence-corrected chi connectivity index (χ3v) is 4.82. The number of benzene rings is 1. The van der Waals surface area contributed by atoms with E-state index in [2.05, 4.69) is 10.4 Å². The number of ether oxygens (including phenoxy) is 1. The minimum Gasteiger partial charge on any atom is -0.453 e. The highest BCUT2D eigenvalue weighted by molar-refractivity contribution is 5.92. The summed E-state index contributed by atoms with van der Waals surface area (Å²) < 4.78 is 7.08. The van der Waals surface area contributed by atoms with Gasteiger partial charge in [0.25, 0.3) is 5.91 Å². The smallest absolute Gasteiger partial charge is 0.306 e. The summed E-state index contributed by atoms with van der Waals surface area (Å²) in [7, 11) is 0. The topological polar surface area (TPSA) is 85.6 Å². The van der Waals surface area contributed by atoms with Gasteiger partial charge >= 0.3 is 5.97 Å². The van der Waals surface area contributed by atoms with Gasteiger partial charge in [-0.05, 0) is 51.3 Å². The summed E-state index contributed by atoms with van der Waals surface area (Å²) in [5.41, 5.74) is 4.51. The Balaban J connectivity index is 1.73. The molecule has 1 atom stereocenters. The van der Waals surface area contributed by atoms with Gasteiger partial charge in [0.2, 0.25) is 0 Å². The third kappa shape index (κ3) is 3.98. The summed E-state index contributed by atoms with van der Waals surface area (Å²) in [5, 5.41) is 8.36. The van der Waals surface area contributed by atoms with Gasteiger partial charge in [0.1, 0.15) is 0 Å². The Labute approximate surface area is 164 Å². The standard InChI is InChI=1S/C21H26N4O3/c1-5-12-22-21(27)15(4)28-19(26)11-10-16-13(2)23-20-17-8-6-7-9-18(17)24-25(20)14(16)3/h6-9,15H,5,10-12H2,1-4H3,(H,22,27). The molecule has 3 rings (SSSR count). The molecule has 0 aliphatic carbocycles. The normalized spacial score (nSPS) is 12.3. The molecule has 0 saturated carbocycles. The van der Waals surface area contributed by atoms with E-state index in [1.54, 1.807) is 6.92 Å². The van der Waals surface area contributed by atoms with Crippen molar-refractivity contribution in [1.82, 2.24) is 19.9 Å². The van der Waals surface area contributed by atoms with Crippen LogP contribution in [0, 0.1) is 13.8 Å². The van der Waals surface area contributed by atoms with Crippen LogP contribution in [0.1, 0.15) is 43.6 Å². The molecule has 1 amide bonds. The molecule has 1 N–H and O–H groups in total. The number of fused-ring (bicyclic) bond motifs is 3. The fourth-order valence-corrected chi connectivity index (χ4v) is 3.27. The predicted octanol–water partition coefficient (Wildman–Crippen LogP) is 2.89. The number of esters is 1. The SMILES string of the molecule is CCCNC(=O)C(C)OC(=O)CCc1c(C)nc2c3ccccc3nn2c1C. The van der Waals surface area contributed by atoms with Gasteiger partial charge in [-0.3, -0.25) is 9.59 Å². The van der Waals surface area contributed by atoms with Crippen molar-refractivity contribution in [2.24, 2.45) is 0 Å². The van der Waals surface area contributed by atoms with Crippen molar-refractivity contribution in [1.29, 1.82) is 0 Å². The molecule has 0 saturated heterocycles. The van der Waals surface area contributed by atoms with E-state index < -0.39 is 12.1 Å². The molecule has 2 heterocycles. The summed E-state index contributed by atoms with van der Waals surface area (Å²) in [6.45, 7) is 8.05. The van der Waals surface area contributed by atoms with Crippen LogP contribution in [0.4, 0.5) is 0 Å². The first-order chi connectivity index (χ1) is 13.4. The molecule has 0 fully saturated rings. The number of carbonyl (C=O) groups is 2. The number of aryl methyl sites for hydroxylation is 2. The molecule has 0 radical (unpaired) electrons. The van der Waals surface area contributed by atoms with Gasteiger partial charge in [-0.25, -0.2) is 9.50 Å². The number of amides is 1. The first-order valence-electron chi connectivity index (χ1n) is 9.63. The summed E-state index contributed by atoms with van der Waals surface area (Å²) >= 11 is 0. The molecule has 0 aliphatic rings. The van der Waals surface area contributed by atoms with Crippen molar-refractivity contribution in [2.45, 2.75) is 53.1 Å². The van der Waals surface area contributed by atoms with Crippen LogP contribution in [-0.4, -0.2) is 39.1 Å². The molecule has 3 aromatic rings. The average Bonchev–Trinajstić information content (AvgIpc) is 3.04. The van der Waals surface area contributed by atoms with Gasteiger partial charge in [0, 0.05) is 29.7 Å². The lowest BCUT2D eigenvalue weighted by Crippen LogP contribution is -2.36. The number of nitrogens with one attached hydrogen (secondary N) is 1. The molecule has 1 aromatic carbocycles. The molecule has 28 heavy (non-hydrogen) atoms. The van der Waals surface area contributed by atoms with E-state index in [9.17, 15) is 9.59 Å². The second-order valence-electron chi connectivity index (χ2n) is 6.94. The fourth-order valence-electron chi connectivity index (χ4n) is 3.27. The van der Waals surface area contributed by atoms with Crippen molar-refractivity contribution in [3.8, 4) is 0 Å². The van der Waals surface area contributed by atoms with Gasteiger partial charge in [-0.2, -0.15) is 5.10 Å². The Morgan fingerprint density at radius 2 is 2.00 bits per heavy atom. The zero-order valence-electron chi connectivity index (χ0n) is 16.8. The predicted molar refractivity (Wildman–Crippen MR) is 107 cm³/mol. The van der Waals surface area contributed by atoms with Crippen molar-refractivity contribution >= 4 is 28.4 Å². The second-order valence-corrected chi connectivity index (χ2v) is 6.94. The van der Waals surface area contributed by atoms with E-state index >= 15 is 0 Å². The second kappa shape index (κ2) is 8.37. The minimum atomic E-state index is -0.793. The van der Waals surface area contributed by atoms with Crippen LogP contribution in [0.25, 0.3) is 16.6 Å². The van der Waals surface area contributed by atoms with Crippen LogP contribution < -0.4 is 5.32 Å². The van der Waals surface area contributed by atoms with Gasteiger partial charge < -0.3 is 10.1 Å². The first-order valence-corrected chi connectivity index (χ1v) is 9.63. The van der Waals surface area contributed by atoms with E-state index in [0.29, 0.717) is 13.0 Å². The molecule has 7 heteroatoms. The largest absolute Gasteiger partial charge is 0.453 e. The average molecular weight is 382 g/mol. The maximum absolute atomic E-state index is 12.2. The van der Waals surface area contributed by atoms with Gasteiger partial charge in [-0.1, -0.05) is 19.1 Å². The Morgan fingerprint density at radius 1 is 1.25 bits per heavy atom. The van der Waals surface area contributed by atoms with E-state index in [1.807, 2.05) is 49.6 Å². The van der Waals surface area contributed by atoms with Crippen molar-refractivity contribution in [3.63, 3.8) is 0 Å². The summed E-state index contributed by atoms with van der Waals surface area (Å²) in [6, 6.07) is 7.89. The molecule has 0 spiro atoms. The van der Waals surface area contributed by atoms with Crippen molar-refractivity contribution < 1.29 is 14.3 Å². The molecule has 0 aliphatic heterocycles. The highest BCUT2D eigenvalue weighted by Gasteiger charge is 2.19. The zero-order valence-corrected chi connectivity index (χ0v) is 16.8. The van der Waals surface area contributed by atoms with Crippen LogP contribution in [0.5, 0.6) is 0 Å². The lowest BCUT2D eigenvalue weighted by molar-refractivity contribution is -0.154. The number of hydrogen-bond acceptors (Lipinski definition) is 5. The van der Waals surface area contributed by atoms with E-state index in [1.165, 1.54) is 0 Å². The highest BCUT2D eigenvalue weighted by atomic mass is 16.5. The molecule has 0 bridgehead atoms. The Bertz CT molecular complexity index is 1030. The zero-order chi connectivity index (χ0) is 20.3. The third-order valence-electron chi connectivity index (χ3n) is 4.82. The maximum Gasteiger partial charge on any atom is 0.306 e. The van der Waals surface area contributed by atoms with Gasteiger partial charge in [-0.15, -0.1) is 0 Å². The van der Waals surface area contributed by atoms with E-state index in [-0.39, 0.29) is 12.3 Å². The van der Waals surface area contributed by atoms with E-state index in [0.717, 1.165) is 39.9 Å². The molecule has 2 aromatic heterocycles. The van der Waals surface area contributed by atoms with Gasteiger partial charge in [0.15, 0.2) is 11.8 Å². The van der Waals surface area contributed by atoms with Crippen molar-refractivity contribution in [3.05, 3.63) is 41.2 Å². The van der Waals surface area contributed by atoms with Crippen LogP contribution in [0.2, 0.25) is 0 Å². The van der Waals surface area contributed by atoms with Crippen LogP contribution in [-0.2, 0) is 20.7 Å². The Hall–Kier alpha value is -2.96. The lowest BCUT2D eigenvalue weighted by Gasteiger charge is -2.14.